The highest BCUT2D eigenvalue weighted by molar-refractivity contribution is 7.07. The summed E-state index contributed by atoms with van der Waals surface area (Å²) in [6.07, 6.45) is 5.73. The smallest absolute Gasteiger partial charge is 0.0939 e. The van der Waals surface area contributed by atoms with Crippen LogP contribution in [-0.2, 0) is 15.9 Å². The lowest BCUT2D eigenvalue weighted by Crippen LogP contribution is -2.48. The van der Waals surface area contributed by atoms with Gasteiger partial charge in [0.2, 0.25) is 0 Å². The zero-order valence-corrected chi connectivity index (χ0v) is 13.8. The van der Waals surface area contributed by atoms with E-state index in [9.17, 15) is 0 Å². The lowest BCUT2D eigenvalue weighted by atomic mass is 9.79. The third-order valence-corrected chi connectivity index (χ3v) is 5.59. The van der Waals surface area contributed by atoms with Crippen molar-refractivity contribution in [2.45, 2.75) is 50.7 Å². The zero-order chi connectivity index (χ0) is 14.5. The van der Waals surface area contributed by atoms with E-state index in [1.54, 1.807) is 11.3 Å². The van der Waals surface area contributed by atoms with Crippen LogP contribution in [-0.4, -0.2) is 38.0 Å². The van der Waals surface area contributed by atoms with Crippen LogP contribution in [0.3, 0.4) is 0 Å². The molecule has 4 heteroatoms. The normalized spacial score (nSPS) is 30.8. The molecule has 3 atom stereocenters. The van der Waals surface area contributed by atoms with Gasteiger partial charge in [-0.1, -0.05) is 6.92 Å². The Balaban J connectivity index is 1.66. The SMILES string of the molecule is CCCNC(Cc1ccsc1)C1CCOC2(CCOC2)C1. The summed E-state index contributed by atoms with van der Waals surface area (Å²) in [4.78, 5) is 0. The highest BCUT2D eigenvalue weighted by Gasteiger charge is 2.42. The molecular weight excluding hydrogens is 282 g/mol. The molecule has 3 unspecified atom stereocenters. The first kappa shape index (κ1) is 15.5. The zero-order valence-electron chi connectivity index (χ0n) is 13.0. The summed E-state index contributed by atoms with van der Waals surface area (Å²) in [5.41, 5.74) is 1.49. The number of nitrogens with one attached hydrogen (secondary N) is 1. The molecule has 0 amide bonds. The molecular formula is C17H27NO2S. The maximum Gasteiger partial charge on any atom is 0.0939 e. The van der Waals surface area contributed by atoms with Crippen molar-refractivity contribution in [2.75, 3.05) is 26.4 Å². The van der Waals surface area contributed by atoms with Crippen molar-refractivity contribution < 1.29 is 9.47 Å². The molecule has 3 rings (SSSR count). The fourth-order valence-electron chi connectivity index (χ4n) is 3.67. The molecule has 2 saturated heterocycles. The molecule has 0 aliphatic carbocycles. The third-order valence-electron chi connectivity index (χ3n) is 4.86. The standard InChI is InChI=1S/C17H27NO2S/c1-2-6-18-16(10-14-4-9-21-12-14)15-3-7-20-17(11-15)5-8-19-13-17/h4,9,12,15-16,18H,2-3,5-8,10-11,13H2,1H3. The molecule has 0 bridgehead atoms. The fraction of sp³-hybridized carbons (Fsp3) is 0.765. The van der Waals surface area contributed by atoms with Crippen molar-refractivity contribution in [3.63, 3.8) is 0 Å². The molecule has 1 N–H and O–H groups in total. The Morgan fingerprint density at radius 3 is 3.14 bits per heavy atom. The van der Waals surface area contributed by atoms with Crippen LogP contribution in [0.5, 0.6) is 0 Å². The van der Waals surface area contributed by atoms with Crippen LogP contribution in [0.15, 0.2) is 16.8 Å². The predicted octanol–water partition coefficient (Wildman–Crippen LogP) is 3.24. The van der Waals surface area contributed by atoms with E-state index in [0.717, 1.165) is 45.6 Å². The summed E-state index contributed by atoms with van der Waals surface area (Å²) in [7, 11) is 0. The van der Waals surface area contributed by atoms with Crippen molar-refractivity contribution in [1.82, 2.24) is 5.32 Å². The van der Waals surface area contributed by atoms with E-state index in [1.807, 2.05) is 0 Å². The quantitative estimate of drug-likeness (QED) is 0.875. The molecule has 21 heavy (non-hydrogen) atoms. The molecule has 0 aromatic carbocycles. The lowest BCUT2D eigenvalue weighted by molar-refractivity contribution is -0.103. The highest BCUT2D eigenvalue weighted by atomic mass is 32.1. The molecule has 1 aromatic rings. The summed E-state index contributed by atoms with van der Waals surface area (Å²) in [6, 6.07) is 2.83. The molecule has 0 saturated carbocycles. The maximum absolute atomic E-state index is 6.10. The fourth-order valence-corrected chi connectivity index (χ4v) is 4.35. The second-order valence-corrected chi connectivity index (χ2v) is 7.26. The van der Waals surface area contributed by atoms with Crippen molar-refractivity contribution in [2.24, 2.45) is 5.92 Å². The van der Waals surface area contributed by atoms with E-state index in [1.165, 1.54) is 18.4 Å². The Labute approximate surface area is 132 Å². The van der Waals surface area contributed by atoms with E-state index >= 15 is 0 Å². The van der Waals surface area contributed by atoms with Crippen molar-refractivity contribution in [3.05, 3.63) is 22.4 Å². The van der Waals surface area contributed by atoms with Crippen LogP contribution in [0.4, 0.5) is 0 Å². The van der Waals surface area contributed by atoms with Gasteiger partial charge in [0.05, 0.1) is 12.2 Å². The van der Waals surface area contributed by atoms with E-state index < -0.39 is 0 Å². The Hall–Kier alpha value is -0.420. The average Bonchev–Trinajstić information content (AvgIpc) is 3.16. The molecule has 2 fully saturated rings. The van der Waals surface area contributed by atoms with E-state index in [0.29, 0.717) is 12.0 Å². The van der Waals surface area contributed by atoms with Crippen LogP contribution in [0.1, 0.15) is 38.2 Å². The van der Waals surface area contributed by atoms with Crippen LogP contribution in [0.25, 0.3) is 0 Å². The number of ether oxygens (including phenoxy) is 2. The van der Waals surface area contributed by atoms with Gasteiger partial charge < -0.3 is 14.8 Å². The number of hydrogen-bond acceptors (Lipinski definition) is 4. The van der Waals surface area contributed by atoms with Gasteiger partial charge in [0, 0.05) is 25.7 Å². The molecule has 0 radical (unpaired) electrons. The summed E-state index contributed by atoms with van der Waals surface area (Å²) < 4.78 is 11.7. The largest absolute Gasteiger partial charge is 0.378 e. The van der Waals surface area contributed by atoms with Gasteiger partial charge in [-0.15, -0.1) is 0 Å². The van der Waals surface area contributed by atoms with Crippen molar-refractivity contribution in [3.8, 4) is 0 Å². The summed E-state index contributed by atoms with van der Waals surface area (Å²) in [6.45, 7) is 5.90. The third kappa shape index (κ3) is 3.86. The maximum atomic E-state index is 6.10. The first-order valence-electron chi connectivity index (χ1n) is 8.27. The second-order valence-electron chi connectivity index (χ2n) is 6.48. The molecule has 1 spiro atoms. The number of hydrogen-bond donors (Lipinski definition) is 1. The number of thiophene rings is 1. The van der Waals surface area contributed by atoms with Crippen molar-refractivity contribution in [1.29, 1.82) is 0 Å². The second kappa shape index (κ2) is 7.23. The van der Waals surface area contributed by atoms with Gasteiger partial charge in [0.1, 0.15) is 0 Å². The van der Waals surface area contributed by atoms with Gasteiger partial charge in [0.25, 0.3) is 0 Å². The van der Waals surface area contributed by atoms with Gasteiger partial charge in [-0.3, -0.25) is 0 Å². The van der Waals surface area contributed by atoms with Gasteiger partial charge in [-0.2, -0.15) is 11.3 Å². The van der Waals surface area contributed by atoms with E-state index in [4.69, 9.17) is 9.47 Å². The van der Waals surface area contributed by atoms with Gasteiger partial charge in [0.15, 0.2) is 0 Å². The molecule has 2 aliphatic heterocycles. The Morgan fingerprint density at radius 2 is 2.43 bits per heavy atom. The summed E-state index contributed by atoms with van der Waals surface area (Å²) in [5.74, 6) is 0.701. The van der Waals surface area contributed by atoms with E-state index in [2.05, 4.69) is 29.1 Å². The minimum atomic E-state index is 0.0176. The van der Waals surface area contributed by atoms with Crippen molar-refractivity contribution >= 4 is 11.3 Å². The molecule has 3 nitrogen and oxygen atoms in total. The Kier molecular flexibility index (Phi) is 5.33. The summed E-state index contributed by atoms with van der Waals surface area (Å²) >= 11 is 1.80. The van der Waals surface area contributed by atoms with Crippen LogP contribution < -0.4 is 5.32 Å². The first-order chi connectivity index (χ1) is 10.3. The van der Waals surface area contributed by atoms with Gasteiger partial charge in [-0.05, 0) is 60.5 Å². The highest BCUT2D eigenvalue weighted by Crippen LogP contribution is 2.37. The van der Waals surface area contributed by atoms with Gasteiger partial charge >= 0.3 is 0 Å². The Morgan fingerprint density at radius 1 is 1.48 bits per heavy atom. The predicted molar refractivity (Wildman–Crippen MR) is 86.9 cm³/mol. The molecule has 1 aromatic heterocycles. The topological polar surface area (TPSA) is 30.5 Å². The van der Waals surface area contributed by atoms with Crippen LogP contribution >= 0.6 is 11.3 Å². The molecule has 118 valence electrons. The average molecular weight is 309 g/mol. The summed E-state index contributed by atoms with van der Waals surface area (Å²) in [5, 5.41) is 8.26. The van der Waals surface area contributed by atoms with Crippen LogP contribution in [0.2, 0.25) is 0 Å². The van der Waals surface area contributed by atoms with E-state index in [-0.39, 0.29) is 5.60 Å². The monoisotopic (exact) mass is 309 g/mol. The van der Waals surface area contributed by atoms with Gasteiger partial charge in [-0.25, -0.2) is 0 Å². The minimum absolute atomic E-state index is 0.0176. The molecule has 3 heterocycles. The minimum Gasteiger partial charge on any atom is -0.378 e. The lowest BCUT2D eigenvalue weighted by Gasteiger charge is -2.40. The number of rotatable bonds is 6. The Bertz CT molecular complexity index is 414. The molecule has 2 aliphatic rings. The van der Waals surface area contributed by atoms with Crippen LogP contribution in [0, 0.1) is 5.92 Å². The first-order valence-corrected chi connectivity index (χ1v) is 9.22.